The number of nitrogens with zero attached hydrogens (tertiary/aromatic N) is 2. The lowest BCUT2D eigenvalue weighted by Crippen LogP contribution is -1.52. The van der Waals surface area contributed by atoms with Crippen LogP contribution in [0.1, 0.15) is 0 Å². The van der Waals surface area contributed by atoms with E-state index in [0.29, 0.717) is 5.71 Å². The summed E-state index contributed by atoms with van der Waals surface area (Å²) in [5, 5.41) is 7.73. The Morgan fingerprint density at radius 2 is 2.50 bits per heavy atom. The maximum Gasteiger partial charge on any atom is 0.296 e. The van der Waals surface area contributed by atoms with Crippen LogP contribution in [0.5, 0.6) is 0 Å². The van der Waals surface area contributed by atoms with Gasteiger partial charge in [-0.15, -0.1) is 0 Å². The first kappa shape index (κ1) is 3.65. The van der Waals surface area contributed by atoms with Crippen molar-refractivity contribution in [2.24, 2.45) is 0 Å². The molecule has 0 fully saturated rings. The van der Waals surface area contributed by atoms with Crippen molar-refractivity contribution in [2.75, 3.05) is 0 Å². The van der Waals surface area contributed by atoms with E-state index in [1.54, 1.807) is 6.20 Å². The Hall–Kier alpha value is -1.32. The smallest absolute Gasteiger partial charge is 0.296 e. The summed E-state index contributed by atoms with van der Waals surface area (Å²) in [6.45, 7) is 0. The molecule has 0 aliphatic carbocycles. The molecule has 0 saturated heterocycles. The van der Waals surface area contributed by atoms with Crippen LogP contribution in [-0.4, -0.2) is 10.3 Å². The average molecular weight is 110 g/mol. The maximum absolute atomic E-state index is 4.60. The molecule has 0 N–H and O–H groups in total. The van der Waals surface area contributed by atoms with E-state index in [9.17, 15) is 0 Å². The zero-order chi connectivity index (χ0) is 5.40. The van der Waals surface area contributed by atoms with Gasteiger partial charge in [0.15, 0.2) is 0 Å². The molecular formula is C4H2N2O2. The molecule has 0 amide bonds. The SMILES string of the molecule is c1noc2nocc12. The summed E-state index contributed by atoms with van der Waals surface area (Å²) >= 11 is 0. The first-order chi connectivity index (χ1) is 3.97. The first-order valence-electron chi connectivity index (χ1n) is 2.11. The van der Waals surface area contributed by atoms with Gasteiger partial charge in [-0.1, -0.05) is 5.16 Å². The van der Waals surface area contributed by atoms with E-state index >= 15 is 0 Å². The fourth-order valence-corrected chi connectivity index (χ4v) is 0.522. The van der Waals surface area contributed by atoms with Crippen molar-refractivity contribution in [3.8, 4) is 0 Å². The van der Waals surface area contributed by atoms with Gasteiger partial charge in [0.05, 0.1) is 6.20 Å². The van der Waals surface area contributed by atoms with Crippen molar-refractivity contribution in [3.63, 3.8) is 0 Å². The normalized spacial score (nSPS) is 10.5. The number of hydrogen-bond acceptors (Lipinski definition) is 4. The van der Waals surface area contributed by atoms with Crippen LogP contribution >= 0.6 is 0 Å². The van der Waals surface area contributed by atoms with Crippen molar-refractivity contribution in [1.29, 1.82) is 0 Å². The van der Waals surface area contributed by atoms with E-state index in [1.165, 1.54) is 6.26 Å². The molecule has 4 heteroatoms. The van der Waals surface area contributed by atoms with E-state index in [1.807, 2.05) is 0 Å². The maximum atomic E-state index is 4.60. The predicted octanol–water partition coefficient (Wildman–Crippen LogP) is 0.816. The van der Waals surface area contributed by atoms with Crippen molar-refractivity contribution < 1.29 is 9.05 Å². The monoisotopic (exact) mass is 110 g/mol. The van der Waals surface area contributed by atoms with E-state index < -0.39 is 0 Å². The second-order valence-corrected chi connectivity index (χ2v) is 1.40. The summed E-state index contributed by atoms with van der Waals surface area (Å²) in [5.41, 5.74) is 0.449. The molecule has 4 nitrogen and oxygen atoms in total. The Morgan fingerprint density at radius 1 is 1.50 bits per heavy atom. The second kappa shape index (κ2) is 1.09. The van der Waals surface area contributed by atoms with E-state index in [2.05, 4.69) is 19.4 Å². The predicted molar refractivity (Wildman–Crippen MR) is 24.1 cm³/mol. The lowest BCUT2D eigenvalue weighted by atomic mass is 10.5. The fourth-order valence-electron chi connectivity index (χ4n) is 0.522. The summed E-state index contributed by atoms with van der Waals surface area (Å²) in [4.78, 5) is 0. The molecule has 0 aromatic carbocycles. The quantitative estimate of drug-likeness (QED) is 0.503. The molecule has 0 atom stereocenters. The summed E-state index contributed by atoms with van der Waals surface area (Å²) in [6.07, 6.45) is 3.03. The van der Waals surface area contributed by atoms with Crippen LogP contribution in [0.2, 0.25) is 0 Å². The Bertz CT molecular complexity index is 233. The van der Waals surface area contributed by atoms with Crippen LogP contribution in [0.25, 0.3) is 11.1 Å². The average Bonchev–Trinajstić information content (AvgIpc) is 2.15. The summed E-state index contributed by atoms with van der Waals surface area (Å²) in [6, 6.07) is 0. The Kier molecular flexibility index (Phi) is 0.498. The van der Waals surface area contributed by atoms with Crippen LogP contribution in [0.15, 0.2) is 21.5 Å². The molecule has 2 rings (SSSR count). The van der Waals surface area contributed by atoms with E-state index in [-0.39, 0.29) is 0 Å². The largest absolute Gasteiger partial charge is 0.360 e. The standard InChI is InChI=1S/C4H2N2O2/c1-3-2-7-6-4(3)8-5-1/h1-2H. The Morgan fingerprint density at radius 3 is 3.38 bits per heavy atom. The summed E-state index contributed by atoms with van der Waals surface area (Å²) in [5.74, 6) is 0. The highest BCUT2D eigenvalue weighted by Gasteiger charge is 1.98. The van der Waals surface area contributed by atoms with Crippen molar-refractivity contribution in [3.05, 3.63) is 12.5 Å². The minimum Gasteiger partial charge on any atom is -0.360 e. The van der Waals surface area contributed by atoms with Gasteiger partial charge in [0, 0.05) is 0 Å². The molecule has 2 aromatic rings. The topological polar surface area (TPSA) is 52.1 Å². The zero-order valence-electron chi connectivity index (χ0n) is 3.87. The van der Waals surface area contributed by atoms with Crippen LogP contribution in [0.4, 0.5) is 0 Å². The van der Waals surface area contributed by atoms with E-state index in [4.69, 9.17) is 0 Å². The van der Waals surface area contributed by atoms with Crippen LogP contribution in [0.3, 0.4) is 0 Å². The molecule has 2 aromatic heterocycles. The molecule has 2 heterocycles. The molecule has 40 valence electrons. The van der Waals surface area contributed by atoms with Gasteiger partial charge in [-0.2, -0.15) is 0 Å². The summed E-state index contributed by atoms with van der Waals surface area (Å²) < 4.78 is 9.12. The third-order valence-electron chi connectivity index (χ3n) is 0.893. The van der Waals surface area contributed by atoms with Crippen molar-refractivity contribution in [1.82, 2.24) is 10.3 Å². The van der Waals surface area contributed by atoms with Gasteiger partial charge < -0.3 is 9.05 Å². The second-order valence-electron chi connectivity index (χ2n) is 1.40. The number of aromatic nitrogens is 2. The van der Waals surface area contributed by atoms with Crippen LogP contribution < -0.4 is 0 Å². The number of hydrogen-bond donors (Lipinski definition) is 0. The fraction of sp³-hybridized carbons (Fsp3) is 0. The number of fused-ring (bicyclic) bond motifs is 1. The van der Waals surface area contributed by atoms with E-state index in [0.717, 1.165) is 5.39 Å². The minimum atomic E-state index is 0.449. The van der Waals surface area contributed by atoms with Gasteiger partial charge in [0.1, 0.15) is 11.6 Å². The van der Waals surface area contributed by atoms with Crippen LogP contribution in [0, 0.1) is 0 Å². The zero-order valence-corrected chi connectivity index (χ0v) is 3.87. The molecule has 0 bridgehead atoms. The third-order valence-corrected chi connectivity index (χ3v) is 0.893. The van der Waals surface area contributed by atoms with Gasteiger partial charge in [0.25, 0.3) is 5.71 Å². The first-order valence-corrected chi connectivity index (χ1v) is 2.11. The number of rotatable bonds is 0. The highest BCUT2D eigenvalue weighted by Crippen LogP contribution is 2.07. The summed E-state index contributed by atoms with van der Waals surface area (Å²) in [7, 11) is 0. The van der Waals surface area contributed by atoms with Crippen molar-refractivity contribution >= 4 is 11.1 Å². The lowest BCUT2D eigenvalue weighted by molar-refractivity contribution is 0.380. The molecule has 0 unspecified atom stereocenters. The molecule has 0 aliphatic rings. The molecule has 0 spiro atoms. The van der Waals surface area contributed by atoms with Crippen molar-refractivity contribution in [2.45, 2.75) is 0 Å². The molecule has 0 aliphatic heterocycles. The van der Waals surface area contributed by atoms with Gasteiger partial charge >= 0.3 is 0 Å². The Balaban J connectivity index is 3.06. The molecule has 8 heavy (non-hydrogen) atoms. The van der Waals surface area contributed by atoms with Gasteiger partial charge in [-0.25, -0.2) is 0 Å². The third kappa shape index (κ3) is 0.294. The van der Waals surface area contributed by atoms with Gasteiger partial charge in [0.2, 0.25) is 0 Å². The highest BCUT2D eigenvalue weighted by molar-refractivity contribution is 5.69. The molecular weight excluding hydrogens is 108 g/mol. The van der Waals surface area contributed by atoms with Gasteiger partial charge in [-0.05, 0) is 5.16 Å². The minimum absolute atomic E-state index is 0.449. The lowest BCUT2D eigenvalue weighted by Gasteiger charge is -1.59. The highest BCUT2D eigenvalue weighted by atomic mass is 16.5. The molecule has 0 radical (unpaired) electrons. The Labute approximate surface area is 44.0 Å². The van der Waals surface area contributed by atoms with Crippen LogP contribution in [-0.2, 0) is 0 Å². The van der Waals surface area contributed by atoms with Gasteiger partial charge in [-0.3, -0.25) is 0 Å². The molecule has 0 saturated carbocycles.